The van der Waals surface area contributed by atoms with E-state index in [2.05, 4.69) is 86.3 Å². The molecule has 2 saturated heterocycles. The fourth-order valence-electron chi connectivity index (χ4n) is 5.45. The van der Waals surface area contributed by atoms with Crippen molar-refractivity contribution in [1.29, 1.82) is 0 Å². The van der Waals surface area contributed by atoms with Gasteiger partial charge in [-0.3, -0.25) is 4.90 Å². The van der Waals surface area contributed by atoms with E-state index in [9.17, 15) is 4.39 Å². The van der Waals surface area contributed by atoms with E-state index in [-0.39, 0.29) is 10.6 Å². The first-order valence-corrected chi connectivity index (χ1v) is 12.4. The molecule has 2 fully saturated rings. The molecule has 0 N–H and O–H groups in total. The second-order valence-electron chi connectivity index (χ2n) is 9.53. The van der Waals surface area contributed by atoms with Crippen LogP contribution in [0.25, 0.3) is 0 Å². The van der Waals surface area contributed by atoms with Crippen LogP contribution in [0.5, 0.6) is 0 Å². The van der Waals surface area contributed by atoms with E-state index < -0.39 is 14.5 Å². The van der Waals surface area contributed by atoms with E-state index in [1.54, 1.807) is 0 Å². The van der Waals surface area contributed by atoms with Crippen LogP contribution in [-0.4, -0.2) is 44.6 Å². The molecule has 2 atom stereocenters. The van der Waals surface area contributed by atoms with Gasteiger partial charge >= 0.3 is 0 Å². The molecule has 28 heavy (non-hydrogen) atoms. The van der Waals surface area contributed by atoms with Crippen LogP contribution in [0.4, 0.5) is 4.39 Å². The number of hydrogen-bond donors (Lipinski definition) is 0. The number of benzene rings is 2. The molecule has 2 aliphatic heterocycles. The van der Waals surface area contributed by atoms with E-state index >= 15 is 0 Å². The normalized spacial score (nSPS) is 25.8. The maximum absolute atomic E-state index is 14.3. The molecule has 4 rings (SSSR count). The van der Waals surface area contributed by atoms with Gasteiger partial charge in [0.2, 0.25) is 0 Å². The van der Waals surface area contributed by atoms with Crippen molar-refractivity contribution in [2.75, 3.05) is 19.7 Å². The number of rotatable bonds is 5. The lowest BCUT2D eigenvalue weighted by Gasteiger charge is -2.45. The minimum Gasteiger partial charge on any atom is -0.406 e. The summed E-state index contributed by atoms with van der Waals surface area (Å²) in [5, 5.41) is 2.55. The lowest BCUT2D eigenvalue weighted by Crippen LogP contribution is -2.68. The van der Waals surface area contributed by atoms with Crippen LogP contribution in [0.3, 0.4) is 0 Å². The predicted molar refractivity (Wildman–Crippen MR) is 117 cm³/mol. The lowest BCUT2D eigenvalue weighted by molar-refractivity contribution is 0.107. The Balaban J connectivity index is 1.77. The van der Waals surface area contributed by atoms with Crippen molar-refractivity contribution in [1.82, 2.24) is 4.90 Å². The third kappa shape index (κ3) is 3.25. The molecule has 150 valence electrons. The van der Waals surface area contributed by atoms with Gasteiger partial charge in [0.15, 0.2) is 0 Å². The van der Waals surface area contributed by atoms with Gasteiger partial charge in [-0.15, -0.1) is 0 Å². The first-order valence-electron chi connectivity index (χ1n) is 10.5. The Labute approximate surface area is 169 Å². The molecule has 0 aliphatic carbocycles. The zero-order valence-corrected chi connectivity index (χ0v) is 18.3. The maximum Gasteiger partial charge on any atom is 0.261 e. The molecule has 0 saturated carbocycles. The molecule has 2 aromatic carbocycles. The minimum atomic E-state index is -2.55. The standard InChI is InChI=1S/C24H32FNOSi/c1-23(2,3)28(21-11-6-4-7-12-21,22-13-8-5-9-14-22)27-19-24-15-10-16-26(24)18-20(25)17-24/h4-9,11-14,20H,10,15-19H2,1-3H3/t20-,24-/m1/s1. The van der Waals surface area contributed by atoms with Crippen LogP contribution >= 0.6 is 0 Å². The molecular formula is C24H32FNOSi. The molecule has 2 aliphatic rings. The fraction of sp³-hybridized carbons (Fsp3) is 0.500. The van der Waals surface area contributed by atoms with Crippen LogP contribution in [0.2, 0.25) is 5.04 Å². The summed E-state index contributed by atoms with van der Waals surface area (Å²) in [6.07, 6.45) is 2.09. The van der Waals surface area contributed by atoms with Crippen molar-refractivity contribution >= 4 is 18.7 Å². The van der Waals surface area contributed by atoms with Crippen LogP contribution in [0, 0.1) is 0 Å². The van der Waals surface area contributed by atoms with Crippen molar-refractivity contribution in [3.05, 3.63) is 60.7 Å². The van der Waals surface area contributed by atoms with E-state index in [4.69, 9.17) is 4.43 Å². The molecular weight excluding hydrogens is 365 g/mol. The monoisotopic (exact) mass is 397 g/mol. The van der Waals surface area contributed by atoms with Gasteiger partial charge in [-0.1, -0.05) is 81.4 Å². The van der Waals surface area contributed by atoms with Crippen molar-refractivity contribution in [3.63, 3.8) is 0 Å². The zero-order valence-electron chi connectivity index (χ0n) is 17.3. The first kappa shape index (κ1) is 19.8. The Kier molecular flexibility index (Phi) is 5.23. The predicted octanol–water partition coefficient (Wildman–Crippen LogP) is 4.14. The van der Waals surface area contributed by atoms with Gasteiger partial charge in [0.05, 0.1) is 6.61 Å². The van der Waals surface area contributed by atoms with E-state index in [0.717, 1.165) is 19.4 Å². The summed E-state index contributed by atoms with van der Waals surface area (Å²) in [4.78, 5) is 2.36. The summed E-state index contributed by atoms with van der Waals surface area (Å²) in [5.74, 6) is 0. The lowest BCUT2D eigenvalue weighted by atomic mass is 9.95. The summed E-state index contributed by atoms with van der Waals surface area (Å²) < 4.78 is 21.4. The summed E-state index contributed by atoms with van der Waals surface area (Å²) in [6, 6.07) is 21.5. The highest BCUT2D eigenvalue weighted by Crippen LogP contribution is 2.43. The third-order valence-corrected chi connectivity index (χ3v) is 11.7. The molecule has 2 heterocycles. The Morgan fingerprint density at radius 2 is 1.61 bits per heavy atom. The zero-order chi connectivity index (χ0) is 19.8. The second-order valence-corrected chi connectivity index (χ2v) is 13.8. The smallest absolute Gasteiger partial charge is 0.261 e. The van der Waals surface area contributed by atoms with Crippen LogP contribution in [0.15, 0.2) is 60.7 Å². The molecule has 0 radical (unpaired) electrons. The van der Waals surface area contributed by atoms with Gasteiger partial charge in [-0.2, -0.15) is 0 Å². The van der Waals surface area contributed by atoms with Crippen LogP contribution < -0.4 is 10.4 Å². The Morgan fingerprint density at radius 3 is 2.14 bits per heavy atom. The van der Waals surface area contributed by atoms with Crippen molar-refractivity contribution < 1.29 is 8.82 Å². The second kappa shape index (κ2) is 7.40. The Bertz CT molecular complexity index is 752. The number of nitrogens with zero attached hydrogens (tertiary/aromatic N) is 1. The molecule has 4 heteroatoms. The SMILES string of the molecule is CC(C)(C)[Si](OC[C@]12CCCN1C[C@H](F)C2)(c1ccccc1)c1ccccc1. The van der Waals surface area contributed by atoms with Gasteiger partial charge in [-0.05, 0) is 34.8 Å². The molecule has 2 aromatic rings. The van der Waals surface area contributed by atoms with Gasteiger partial charge < -0.3 is 4.43 Å². The Hall–Kier alpha value is -1.49. The third-order valence-electron chi connectivity index (χ3n) is 6.74. The van der Waals surface area contributed by atoms with Gasteiger partial charge in [0, 0.05) is 18.5 Å². The van der Waals surface area contributed by atoms with Gasteiger partial charge in [0.1, 0.15) is 6.17 Å². The average molecular weight is 398 g/mol. The van der Waals surface area contributed by atoms with Gasteiger partial charge in [0.25, 0.3) is 8.32 Å². The molecule has 0 spiro atoms. The number of alkyl halides is 1. The molecule has 0 bridgehead atoms. The topological polar surface area (TPSA) is 12.5 Å². The van der Waals surface area contributed by atoms with Crippen LogP contribution in [0.1, 0.15) is 40.0 Å². The van der Waals surface area contributed by atoms with Crippen LogP contribution in [-0.2, 0) is 4.43 Å². The fourth-order valence-corrected chi connectivity index (χ4v) is 10.1. The summed E-state index contributed by atoms with van der Waals surface area (Å²) in [6.45, 7) is 9.11. The van der Waals surface area contributed by atoms with E-state index in [0.29, 0.717) is 19.6 Å². The minimum absolute atomic E-state index is 0.0382. The largest absolute Gasteiger partial charge is 0.406 e. The van der Waals surface area contributed by atoms with E-state index in [1.807, 2.05) is 0 Å². The van der Waals surface area contributed by atoms with Crippen molar-refractivity contribution in [2.24, 2.45) is 0 Å². The van der Waals surface area contributed by atoms with Crippen molar-refractivity contribution in [3.8, 4) is 0 Å². The highest BCUT2D eigenvalue weighted by atomic mass is 28.4. The molecule has 0 unspecified atom stereocenters. The highest BCUT2D eigenvalue weighted by molar-refractivity contribution is 6.99. The summed E-state index contributed by atoms with van der Waals surface area (Å²) >= 11 is 0. The number of fused-ring (bicyclic) bond motifs is 1. The summed E-state index contributed by atoms with van der Waals surface area (Å²) in [5.41, 5.74) is -0.119. The summed E-state index contributed by atoms with van der Waals surface area (Å²) in [7, 11) is -2.55. The quantitative estimate of drug-likeness (QED) is 0.703. The van der Waals surface area contributed by atoms with Gasteiger partial charge in [-0.25, -0.2) is 4.39 Å². The molecule has 0 aromatic heterocycles. The molecule has 2 nitrogen and oxygen atoms in total. The van der Waals surface area contributed by atoms with Crippen molar-refractivity contribution in [2.45, 2.75) is 56.8 Å². The number of halogens is 1. The molecule has 0 amide bonds. The Morgan fingerprint density at radius 1 is 1.04 bits per heavy atom. The highest BCUT2D eigenvalue weighted by Gasteiger charge is 2.54. The maximum atomic E-state index is 14.3. The number of hydrogen-bond acceptors (Lipinski definition) is 2. The first-order chi connectivity index (χ1) is 13.4. The average Bonchev–Trinajstić information content (AvgIpc) is 3.18. The van der Waals surface area contributed by atoms with E-state index in [1.165, 1.54) is 10.4 Å².